The van der Waals surface area contributed by atoms with Gasteiger partial charge in [-0.25, -0.2) is 0 Å². The van der Waals surface area contributed by atoms with Crippen LogP contribution < -0.4 is 5.73 Å². The Morgan fingerprint density at radius 3 is 2.69 bits per heavy atom. The van der Waals surface area contributed by atoms with Gasteiger partial charge in [0.15, 0.2) is 5.78 Å². The van der Waals surface area contributed by atoms with E-state index in [0.717, 1.165) is 0 Å². The standard InChI is InChI=1S/C9H7ClN2O/c1-5(13)6-2-3-8(10)7(4-11)9(6)12/h2-3H,12H2,1H3. The quantitative estimate of drug-likeness (QED) is 0.549. The molecule has 0 radical (unpaired) electrons. The van der Waals surface area contributed by atoms with E-state index in [1.54, 1.807) is 0 Å². The second-order valence-corrected chi connectivity index (χ2v) is 2.96. The molecule has 66 valence electrons. The highest BCUT2D eigenvalue weighted by Gasteiger charge is 2.11. The highest BCUT2D eigenvalue weighted by molar-refractivity contribution is 6.32. The molecule has 1 aromatic carbocycles. The summed E-state index contributed by atoms with van der Waals surface area (Å²) in [4.78, 5) is 11.0. The predicted octanol–water partition coefficient (Wildman–Crippen LogP) is 2.00. The number of nitrogen functional groups attached to an aromatic ring is 1. The first-order valence-electron chi connectivity index (χ1n) is 3.57. The first kappa shape index (κ1) is 9.56. The van der Waals surface area contributed by atoms with Gasteiger partial charge >= 0.3 is 0 Å². The molecule has 0 unspecified atom stereocenters. The first-order chi connectivity index (χ1) is 6.07. The highest BCUT2D eigenvalue weighted by atomic mass is 35.5. The molecule has 0 bridgehead atoms. The molecule has 0 aromatic heterocycles. The molecular formula is C9H7ClN2O. The Balaban J connectivity index is 3.47. The van der Waals surface area contributed by atoms with Crippen molar-refractivity contribution in [2.24, 2.45) is 0 Å². The number of halogens is 1. The molecule has 0 atom stereocenters. The van der Waals surface area contributed by atoms with Crippen LogP contribution in [0.25, 0.3) is 0 Å². The molecule has 0 heterocycles. The lowest BCUT2D eigenvalue weighted by molar-refractivity contribution is 0.101. The molecular weight excluding hydrogens is 188 g/mol. The molecule has 0 aliphatic carbocycles. The van der Waals surface area contributed by atoms with Gasteiger partial charge in [0.05, 0.1) is 16.3 Å². The van der Waals surface area contributed by atoms with E-state index >= 15 is 0 Å². The van der Waals surface area contributed by atoms with Gasteiger partial charge < -0.3 is 5.73 Å². The van der Waals surface area contributed by atoms with Crippen LogP contribution in [-0.2, 0) is 0 Å². The number of carbonyl (C=O) groups excluding carboxylic acids is 1. The number of Topliss-reactive ketones (excluding diaryl/α,β-unsaturated/α-hetero) is 1. The van der Waals surface area contributed by atoms with Crippen molar-refractivity contribution >= 4 is 23.1 Å². The van der Waals surface area contributed by atoms with Gasteiger partial charge in [0, 0.05) is 5.56 Å². The lowest BCUT2D eigenvalue weighted by atomic mass is 10.1. The molecule has 3 nitrogen and oxygen atoms in total. The third kappa shape index (κ3) is 1.63. The van der Waals surface area contributed by atoms with Crippen LogP contribution in [0.15, 0.2) is 12.1 Å². The monoisotopic (exact) mass is 194 g/mol. The zero-order valence-corrected chi connectivity index (χ0v) is 7.72. The maximum absolute atomic E-state index is 11.0. The zero-order valence-electron chi connectivity index (χ0n) is 6.97. The molecule has 1 aromatic rings. The number of carbonyl (C=O) groups is 1. The Hall–Kier alpha value is -1.53. The van der Waals surface area contributed by atoms with Crippen molar-refractivity contribution in [3.05, 3.63) is 28.3 Å². The van der Waals surface area contributed by atoms with E-state index in [4.69, 9.17) is 22.6 Å². The minimum atomic E-state index is -0.175. The van der Waals surface area contributed by atoms with Crippen LogP contribution in [0.4, 0.5) is 5.69 Å². The SMILES string of the molecule is CC(=O)c1ccc(Cl)c(C#N)c1N. The van der Waals surface area contributed by atoms with E-state index in [9.17, 15) is 4.79 Å². The van der Waals surface area contributed by atoms with Crippen molar-refractivity contribution in [2.75, 3.05) is 5.73 Å². The van der Waals surface area contributed by atoms with Gasteiger partial charge in [-0.2, -0.15) is 5.26 Å². The van der Waals surface area contributed by atoms with E-state index in [2.05, 4.69) is 0 Å². The van der Waals surface area contributed by atoms with Crippen LogP contribution in [-0.4, -0.2) is 5.78 Å². The van der Waals surface area contributed by atoms with Crippen molar-refractivity contribution in [1.82, 2.24) is 0 Å². The van der Waals surface area contributed by atoms with Gasteiger partial charge in [-0.15, -0.1) is 0 Å². The smallest absolute Gasteiger partial charge is 0.161 e. The normalized spacial score (nSPS) is 9.31. The number of hydrogen-bond donors (Lipinski definition) is 1. The molecule has 0 spiro atoms. The van der Waals surface area contributed by atoms with Crippen LogP contribution in [0.5, 0.6) is 0 Å². The molecule has 0 fully saturated rings. The summed E-state index contributed by atoms with van der Waals surface area (Å²) in [6.07, 6.45) is 0. The van der Waals surface area contributed by atoms with E-state index in [0.29, 0.717) is 5.56 Å². The molecule has 0 amide bonds. The molecule has 13 heavy (non-hydrogen) atoms. The van der Waals surface area contributed by atoms with Crippen LogP contribution in [0.2, 0.25) is 5.02 Å². The fourth-order valence-electron chi connectivity index (χ4n) is 1.01. The zero-order chi connectivity index (χ0) is 10.0. The van der Waals surface area contributed by atoms with Crippen molar-refractivity contribution in [3.63, 3.8) is 0 Å². The van der Waals surface area contributed by atoms with Gasteiger partial charge in [-0.1, -0.05) is 11.6 Å². The van der Waals surface area contributed by atoms with Crippen molar-refractivity contribution in [1.29, 1.82) is 5.26 Å². The average Bonchev–Trinajstić information content (AvgIpc) is 2.04. The Bertz CT molecular complexity index is 407. The van der Waals surface area contributed by atoms with Crippen LogP contribution >= 0.6 is 11.6 Å². The summed E-state index contributed by atoms with van der Waals surface area (Å²) in [6, 6.07) is 4.86. The molecule has 0 aliphatic rings. The summed E-state index contributed by atoms with van der Waals surface area (Å²) in [5, 5.41) is 8.95. The lowest BCUT2D eigenvalue weighted by Crippen LogP contribution is -2.02. The fourth-order valence-corrected chi connectivity index (χ4v) is 1.22. The molecule has 2 N–H and O–H groups in total. The number of hydrogen-bond acceptors (Lipinski definition) is 3. The number of benzene rings is 1. The van der Waals surface area contributed by atoms with Crippen molar-refractivity contribution in [2.45, 2.75) is 6.92 Å². The van der Waals surface area contributed by atoms with Gasteiger partial charge in [0.2, 0.25) is 0 Å². The molecule has 0 saturated carbocycles. The van der Waals surface area contributed by atoms with E-state index in [-0.39, 0.29) is 22.1 Å². The second kappa shape index (κ2) is 3.46. The second-order valence-electron chi connectivity index (χ2n) is 2.55. The summed E-state index contributed by atoms with van der Waals surface area (Å²) >= 11 is 5.69. The van der Waals surface area contributed by atoms with E-state index < -0.39 is 0 Å². The van der Waals surface area contributed by atoms with Crippen LogP contribution in [0.1, 0.15) is 22.8 Å². The molecule has 1 rings (SSSR count). The van der Waals surface area contributed by atoms with Gasteiger partial charge in [0.25, 0.3) is 0 Å². The number of nitriles is 1. The van der Waals surface area contributed by atoms with E-state index in [1.807, 2.05) is 6.07 Å². The number of rotatable bonds is 1. The predicted molar refractivity (Wildman–Crippen MR) is 50.6 cm³/mol. The Morgan fingerprint density at radius 2 is 2.23 bits per heavy atom. The van der Waals surface area contributed by atoms with Crippen LogP contribution in [0, 0.1) is 11.3 Å². The van der Waals surface area contributed by atoms with Gasteiger partial charge in [-0.05, 0) is 19.1 Å². The maximum atomic E-state index is 11.0. The number of anilines is 1. The minimum absolute atomic E-state index is 0.155. The molecule has 0 saturated heterocycles. The first-order valence-corrected chi connectivity index (χ1v) is 3.94. The Labute approximate surface area is 80.7 Å². The fraction of sp³-hybridized carbons (Fsp3) is 0.111. The minimum Gasteiger partial charge on any atom is -0.397 e. The molecule has 0 aliphatic heterocycles. The largest absolute Gasteiger partial charge is 0.397 e. The van der Waals surface area contributed by atoms with Gasteiger partial charge in [-0.3, -0.25) is 4.79 Å². The van der Waals surface area contributed by atoms with E-state index in [1.165, 1.54) is 19.1 Å². The summed E-state index contributed by atoms with van der Waals surface area (Å²) < 4.78 is 0. The Kier molecular flexibility index (Phi) is 2.54. The topological polar surface area (TPSA) is 66.9 Å². The highest BCUT2D eigenvalue weighted by Crippen LogP contribution is 2.25. The average molecular weight is 195 g/mol. The van der Waals surface area contributed by atoms with Crippen molar-refractivity contribution < 1.29 is 4.79 Å². The van der Waals surface area contributed by atoms with Crippen LogP contribution in [0.3, 0.4) is 0 Å². The summed E-state index contributed by atoms with van der Waals surface area (Å²) in [5.41, 5.74) is 6.22. The third-order valence-corrected chi connectivity index (χ3v) is 2.00. The number of nitrogens with two attached hydrogens (primary N) is 1. The van der Waals surface area contributed by atoms with Gasteiger partial charge in [0.1, 0.15) is 6.07 Å². The van der Waals surface area contributed by atoms with Crippen molar-refractivity contribution in [3.8, 4) is 6.07 Å². The summed E-state index contributed by atoms with van der Waals surface area (Å²) in [5.74, 6) is -0.175. The number of ketones is 1. The Morgan fingerprint density at radius 1 is 1.62 bits per heavy atom. The summed E-state index contributed by atoms with van der Waals surface area (Å²) in [6.45, 7) is 1.39. The lowest BCUT2D eigenvalue weighted by Gasteiger charge is -2.04. The third-order valence-electron chi connectivity index (χ3n) is 1.69. The molecule has 4 heteroatoms. The number of nitrogens with zero attached hydrogens (tertiary/aromatic N) is 1. The summed E-state index contributed by atoms with van der Waals surface area (Å²) in [7, 11) is 0. The maximum Gasteiger partial charge on any atom is 0.161 e.